The molecule has 0 saturated carbocycles. The molecule has 0 aliphatic rings. The minimum atomic E-state index is -0.291. The predicted molar refractivity (Wildman–Crippen MR) is 108 cm³/mol. The molecule has 0 bridgehead atoms. The van der Waals surface area contributed by atoms with Crippen LogP contribution in [-0.4, -0.2) is 15.5 Å². The highest BCUT2D eigenvalue weighted by molar-refractivity contribution is 5.97. The summed E-state index contributed by atoms with van der Waals surface area (Å²) in [5, 5.41) is 2.85. The lowest BCUT2D eigenvalue weighted by atomic mass is 10.1. The Morgan fingerprint density at radius 1 is 1.00 bits per heavy atom. The van der Waals surface area contributed by atoms with Gasteiger partial charge in [0.05, 0.1) is 11.0 Å². The lowest BCUT2D eigenvalue weighted by Gasteiger charge is -2.07. The average molecular weight is 373 g/mol. The number of fused-ring (bicyclic) bond motifs is 1. The van der Waals surface area contributed by atoms with Crippen LogP contribution >= 0.6 is 0 Å². The molecule has 0 atom stereocenters. The van der Waals surface area contributed by atoms with E-state index < -0.39 is 0 Å². The zero-order chi connectivity index (χ0) is 19.5. The number of carbonyl (C=O) groups excluding carboxylic acids is 1. The first-order valence-electron chi connectivity index (χ1n) is 9.23. The Kier molecular flexibility index (Phi) is 4.89. The van der Waals surface area contributed by atoms with E-state index in [1.165, 1.54) is 17.7 Å². The van der Waals surface area contributed by atoms with Crippen LogP contribution in [0.15, 0.2) is 73.1 Å². The van der Waals surface area contributed by atoms with Crippen molar-refractivity contribution in [3.05, 3.63) is 95.6 Å². The molecule has 0 aliphatic carbocycles. The molecule has 0 radical (unpaired) electrons. The number of carbonyl (C=O) groups is 1. The van der Waals surface area contributed by atoms with Gasteiger partial charge in [0.1, 0.15) is 12.1 Å². The first-order chi connectivity index (χ1) is 13.6. The van der Waals surface area contributed by atoms with E-state index >= 15 is 0 Å². The van der Waals surface area contributed by atoms with Gasteiger partial charge >= 0.3 is 0 Å². The molecule has 3 aromatic carbocycles. The maximum atomic E-state index is 13.0. The summed E-state index contributed by atoms with van der Waals surface area (Å²) in [6.45, 7) is 2.47. The number of rotatable bonds is 5. The fourth-order valence-corrected chi connectivity index (χ4v) is 3.14. The third kappa shape index (κ3) is 3.64. The number of nitrogens with one attached hydrogen (secondary N) is 1. The second-order valence-corrected chi connectivity index (χ2v) is 6.65. The largest absolute Gasteiger partial charge is 0.348 e. The fourth-order valence-electron chi connectivity index (χ4n) is 3.14. The predicted octanol–water partition coefficient (Wildman–Crippen LogP) is 4.66. The summed E-state index contributed by atoms with van der Waals surface area (Å²) in [4.78, 5) is 16.9. The Balaban J connectivity index is 1.53. The van der Waals surface area contributed by atoms with E-state index in [1.807, 2.05) is 10.6 Å². The summed E-state index contributed by atoms with van der Waals surface area (Å²) in [6.07, 6.45) is 2.77. The number of aromatic nitrogens is 2. The van der Waals surface area contributed by atoms with Crippen molar-refractivity contribution in [1.82, 2.24) is 14.9 Å². The highest BCUT2D eigenvalue weighted by Crippen LogP contribution is 2.20. The number of amides is 1. The van der Waals surface area contributed by atoms with Gasteiger partial charge < -0.3 is 5.32 Å². The van der Waals surface area contributed by atoms with Crippen LogP contribution in [0.3, 0.4) is 0 Å². The normalized spacial score (nSPS) is 10.9. The van der Waals surface area contributed by atoms with E-state index in [0.717, 1.165) is 28.7 Å². The number of hydrogen-bond acceptors (Lipinski definition) is 2. The van der Waals surface area contributed by atoms with Crippen molar-refractivity contribution in [2.24, 2.45) is 0 Å². The van der Waals surface area contributed by atoms with Gasteiger partial charge in [-0.2, -0.15) is 0 Å². The summed E-state index contributed by atoms with van der Waals surface area (Å²) in [5.41, 5.74) is 5.41. The van der Waals surface area contributed by atoms with E-state index in [2.05, 4.69) is 41.5 Å². The second kappa shape index (κ2) is 7.64. The molecule has 140 valence electrons. The van der Waals surface area contributed by atoms with E-state index in [0.29, 0.717) is 12.1 Å². The Hall–Kier alpha value is -3.47. The quantitative estimate of drug-likeness (QED) is 0.553. The summed E-state index contributed by atoms with van der Waals surface area (Å²) >= 11 is 0. The van der Waals surface area contributed by atoms with E-state index in [9.17, 15) is 9.18 Å². The summed E-state index contributed by atoms with van der Waals surface area (Å²) < 4.78 is 15.0. The third-order valence-corrected chi connectivity index (χ3v) is 4.80. The van der Waals surface area contributed by atoms with Crippen molar-refractivity contribution >= 4 is 16.9 Å². The lowest BCUT2D eigenvalue weighted by molar-refractivity contribution is 0.0951. The Labute approximate surface area is 162 Å². The molecule has 1 amide bonds. The van der Waals surface area contributed by atoms with Gasteiger partial charge in [0.15, 0.2) is 0 Å². The second-order valence-electron chi connectivity index (χ2n) is 6.65. The standard InChI is InChI=1S/C23H20FN3O/c1-2-16-5-10-20(11-6-16)27-15-26-21-13-18(7-12-22(21)27)23(28)25-14-17-3-8-19(24)9-4-17/h3-13,15H,2,14H2,1H3,(H,25,28). The van der Waals surface area contributed by atoms with Crippen molar-refractivity contribution in [3.8, 4) is 5.69 Å². The van der Waals surface area contributed by atoms with E-state index in [-0.39, 0.29) is 11.7 Å². The molecule has 1 heterocycles. The van der Waals surface area contributed by atoms with Crippen LogP contribution in [0.4, 0.5) is 4.39 Å². The first kappa shape index (κ1) is 17.9. The lowest BCUT2D eigenvalue weighted by Crippen LogP contribution is -2.22. The molecular weight excluding hydrogens is 353 g/mol. The Morgan fingerprint density at radius 3 is 2.43 bits per heavy atom. The van der Waals surface area contributed by atoms with Crippen molar-refractivity contribution in [2.75, 3.05) is 0 Å². The number of nitrogens with zero attached hydrogens (tertiary/aromatic N) is 2. The van der Waals surface area contributed by atoms with Crippen molar-refractivity contribution in [2.45, 2.75) is 19.9 Å². The molecular formula is C23H20FN3O. The highest BCUT2D eigenvalue weighted by atomic mass is 19.1. The minimum Gasteiger partial charge on any atom is -0.348 e. The van der Waals surface area contributed by atoms with Crippen LogP contribution < -0.4 is 5.32 Å². The Bertz CT molecular complexity index is 1120. The van der Waals surface area contributed by atoms with E-state index in [1.54, 1.807) is 30.6 Å². The molecule has 28 heavy (non-hydrogen) atoms. The van der Waals surface area contributed by atoms with Crippen LogP contribution in [0.1, 0.15) is 28.4 Å². The fraction of sp³-hybridized carbons (Fsp3) is 0.130. The van der Waals surface area contributed by atoms with Gasteiger partial charge in [-0.1, -0.05) is 31.2 Å². The SMILES string of the molecule is CCc1ccc(-n2cnc3cc(C(=O)NCc4ccc(F)cc4)ccc32)cc1. The van der Waals surface area contributed by atoms with Gasteiger partial charge in [0.25, 0.3) is 5.91 Å². The van der Waals surface area contributed by atoms with Crippen LogP contribution in [0.5, 0.6) is 0 Å². The minimum absolute atomic E-state index is 0.187. The van der Waals surface area contributed by atoms with E-state index in [4.69, 9.17) is 0 Å². The maximum Gasteiger partial charge on any atom is 0.251 e. The number of imidazole rings is 1. The number of hydrogen-bond donors (Lipinski definition) is 1. The topological polar surface area (TPSA) is 46.9 Å². The summed E-state index contributed by atoms with van der Waals surface area (Å²) in [5.74, 6) is -0.478. The van der Waals surface area contributed by atoms with Gasteiger partial charge in [-0.3, -0.25) is 9.36 Å². The highest BCUT2D eigenvalue weighted by Gasteiger charge is 2.10. The molecule has 1 aromatic heterocycles. The molecule has 4 nitrogen and oxygen atoms in total. The number of aryl methyl sites for hydroxylation is 1. The van der Waals surface area contributed by atoms with Crippen molar-refractivity contribution in [3.63, 3.8) is 0 Å². The molecule has 5 heteroatoms. The monoisotopic (exact) mass is 373 g/mol. The van der Waals surface area contributed by atoms with Gasteiger partial charge in [-0.25, -0.2) is 9.37 Å². The third-order valence-electron chi connectivity index (χ3n) is 4.80. The maximum absolute atomic E-state index is 13.0. The summed E-state index contributed by atoms with van der Waals surface area (Å²) in [7, 11) is 0. The molecule has 1 N–H and O–H groups in total. The smallest absolute Gasteiger partial charge is 0.251 e. The number of halogens is 1. The van der Waals surface area contributed by atoms with Gasteiger partial charge in [0.2, 0.25) is 0 Å². The molecule has 0 spiro atoms. The van der Waals surface area contributed by atoms with Gasteiger partial charge in [0, 0.05) is 17.8 Å². The molecule has 0 saturated heterocycles. The van der Waals surface area contributed by atoms with Gasteiger partial charge in [-0.05, 0) is 60.0 Å². The number of benzene rings is 3. The molecule has 0 aliphatic heterocycles. The Morgan fingerprint density at radius 2 is 1.71 bits per heavy atom. The zero-order valence-electron chi connectivity index (χ0n) is 15.5. The summed E-state index contributed by atoms with van der Waals surface area (Å²) in [6, 6.07) is 19.9. The average Bonchev–Trinajstić information content (AvgIpc) is 3.16. The first-order valence-corrected chi connectivity index (χ1v) is 9.23. The molecule has 4 rings (SSSR count). The van der Waals surface area contributed by atoms with Crippen LogP contribution in [0, 0.1) is 5.82 Å². The van der Waals surface area contributed by atoms with Crippen LogP contribution in [0.2, 0.25) is 0 Å². The van der Waals surface area contributed by atoms with Gasteiger partial charge in [-0.15, -0.1) is 0 Å². The molecule has 0 fully saturated rings. The van der Waals surface area contributed by atoms with Crippen LogP contribution in [0.25, 0.3) is 16.7 Å². The van der Waals surface area contributed by atoms with Crippen molar-refractivity contribution in [1.29, 1.82) is 0 Å². The zero-order valence-corrected chi connectivity index (χ0v) is 15.5. The molecule has 0 unspecified atom stereocenters. The van der Waals surface area contributed by atoms with Crippen LogP contribution in [-0.2, 0) is 13.0 Å². The molecule has 4 aromatic rings. The van der Waals surface area contributed by atoms with Crippen molar-refractivity contribution < 1.29 is 9.18 Å².